The molecular weight excluding hydrogens is 236 g/mol. The maximum atomic E-state index is 5.77. The summed E-state index contributed by atoms with van der Waals surface area (Å²) in [4.78, 5) is 0. The summed E-state index contributed by atoms with van der Waals surface area (Å²) in [5.74, 6) is 1.35. The molecule has 0 atom stereocenters. The van der Waals surface area contributed by atoms with Crippen LogP contribution in [0, 0.1) is 0 Å². The predicted octanol–water partition coefficient (Wildman–Crippen LogP) is 3.22. The van der Waals surface area contributed by atoms with Crippen LogP contribution >= 0.6 is 11.6 Å². The summed E-state index contributed by atoms with van der Waals surface area (Å²) < 4.78 is 7.56. The van der Waals surface area contributed by atoms with Crippen LogP contribution in [0.5, 0.6) is 5.75 Å². The van der Waals surface area contributed by atoms with Gasteiger partial charge in [0.15, 0.2) is 0 Å². The molecule has 0 aliphatic carbocycles. The fourth-order valence-corrected chi connectivity index (χ4v) is 1.71. The lowest BCUT2D eigenvalue weighted by molar-refractivity contribution is 0.306. The van der Waals surface area contributed by atoms with Crippen molar-refractivity contribution in [2.24, 2.45) is 0 Å². The standard InChI is InChI=1S/C13H15ClN2O/c1-2-16-9-12(8-15-16)10-17-13-5-3-4-11(6-13)7-14/h3-6,8-9H,2,7,10H2,1H3. The molecule has 2 rings (SSSR count). The molecule has 0 spiro atoms. The van der Waals surface area contributed by atoms with Gasteiger partial charge >= 0.3 is 0 Å². The lowest BCUT2D eigenvalue weighted by Crippen LogP contribution is -1.95. The molecule has 0 aliphatic heterocycles. The van der Waals surface area contributed by atoms with Crippen molar-refractivity contribution in [3.05, 3.63) is 47.8 Å². The van der Waals surface area contributed by atoms with Crippen LogP contribution in [0.25, 0.3) is 0 Å². The molecule has 90 valence electrons. The van der Waals surface area contributed by atoms with Gasteiger partial charge in [-0.1, -0.05) is 12.1 Å². The first kappa shape index (κ1) is 12.0. The van der Waals surface area contributed by atoms with Crippen molar-refractivity contribution in [3.8, 4) is 5.75 Å². The summed E-state index contributed by atoms with van der Waals surface area (Å²) in [7, 11) is 0. The number of aryl methyl sites for hydroxylation is 1. The maximum absolute atomic E-state index is 5.77. The molecule has 17 heavy (non-hydrogen) atoms. The third-order valence-electron chi connectivity index (χ3n) is 2.47. The first-order chi connectivity index (χ1) is 8.31. The number of rotatable bonds is 5. The van der Waals surface area contributed by atoms with Gasteiger partial charge in [-0.05, 0) is 24.6 Å². The molecule has 1 aromatic heterocycles. The Morgan fingerprint density at radius 3 is 2.94 bits per heavy atom. The number of nitrogens with zero attached hydrogens (tertiary/aromatic N) is 2. The number of alkyl halides is 1. The molecule has 0 amide bonds. The smallest absolute Gasteiger partial charge is 0.120 e. The van der Waals surface area contributed by atoms with Gasteiger partial charge in [-0.3, -0.25) is 4.68 Å². The summed E-state index contributed by atoms with van der Waals surface area (Å²) in [6, 6.07) is 7.81. The van der Waals surface area contributed by atoms with E-state index in [1.165, 1.54) is 0 Å². The van der Waals surface area contributed by atoms with E-state index in [1.54, 1.807) is 0 Å². The molecule has 0 bridgehead atoms. The second-order valence-corrected chi connectivity index (χ2v) is 4.04. The van der Waals surface area contributed by atoms with E-state index in [4.69, 9.17) is 16.3 Å². The van der Waals surface area contributed by atoms with E-state index in [1.807, 2.05) is 41.3 Å². The number of halogens is 1. The molecule has 4 heteroatoms. The lowest BCUT2D eigenvalue weighted by atomic mass is 10.2. The minimum Gasteiger partial charge on any atom is -0.489 e. The van der Waals surface area contributed by atoms with Gasteiger partial charge in [0.05, 0.1) is 6.20 Å². The normalized spacial score (nSPS) is 10.5. The van der Waals surface area contributed by atoms with Crippen LogP contribution < -0.4 is 4.74 Å². The van der Waals surface area contributed by atoms with E-state index < -0.39 is 0 Å². The van der Waals surface area contributed by atoms with Crippen molar-refractivity contribution in [2.45, 2.75) is 26.0 Å². The molecule has 3 nitrogen and oxygen atoms in total. The van der Waals surface area contributed by atoms with Gasteiger partial charge in [0, 0.05) is 24.2 Å². The molecule has 2 aromatic rings. The Bertz CT molecular complexity index is 482. The number of ether oxygens (including phenoxy) is 1. The molecule has 1 aromatic carbocycles. The highest BCUT2D eigenvalue weighted by Gasteiger charge is 2.00. The Hall–Kier alpha value is -1.48. The lowest BCUT2D eigenvalue weighted by Gasteiger charge is -2.05. The van der Waals surface area contributed by atoms with Crippen LogP contribution in [0.4, 0.5) is 0 Å². The van der Waals surface area contributed by atoms with Gasteiger partial charge in [0.2, 0.25) is 0 Å². The first-order valence-corrected chi connectivity index (χ1v) is 6.14. The van der Waals surface area contributed by atoms with Crippen molar-refractivity contribution >= 4 is 11.6 Å². The largest absolute Gasteiger partial charge is 0.489 e. The van der Waals surface area contributed by atoms with Crippen LogP contribution in [0.2, 0.25) is 0 Å². The Morgan fingerprint density at radius 1 is 1.35 bits per heavy atom. The van der Waals surface area contributed by atoms with E-state index >= 15 is 0 Å². The molecule has 0 saturated carbocycles. The van der Waals surface area contributed by atoms with Gasteiger partial charge in [0.25, 0.3) is 0 Å². The first-order valence-electron chi connectivity index (χ1n) is 5.61. The van der Waals surface area contributed by atoms with Crippen LogP contribution in [0.15, 0.2) is 36.7 Å². The summed E-state index contributed by atoms with van der Waals surface area (Å²) in [6.07, 6.45) is 3.82. The van der Waals surface area contributed by atoms with Gasteiger partial charge in [-0.2, -0.15) is 5.10 Å². The monoisotopic (exact) mass is 250 g/mol. The molecule has 0 saturated heterocycles. The summed E-state index contributed by atoms with van der Waals surface area (Å²) >= 11 is 5.77. The van der Waals surface area contributed by atoms with Crippen LogP contribution in [0.3, 0.4) is 0 Å². The van der Waals surface area contributed by atoms with Crippen LogP contribution in [0.1, 0.15) is 18.1 Å². The third-order valence-corrected chi connectivity index (χ3v) is 2.78. The second kappa shape index (κ2) is 5.73. The second-order valence-electron chi connectivity index (χ2n) is 3.77. The predicted molar refractivity (Wildman–Crippen MR) is 68.2 cm³/mol. The van der Waals surface area contributed by atoms with Crippen molar-refractivity contribution in [1.29, 1.82) is 0 Å². The fraction of sp³-hybridized carbons (Fsp3) is 0.308. The average molecular weight is 251 g/mol. The van der Waals surface area contributed by atoms with Gasteiger partial charge in [0.1, 0.15) is 12.4 Å². The van der Waals surface area contributed by atoms with Crippen LogP contribution in [-0.2, 0) is 19.0 Å². The Labute approximate surface area is 106 Å². The van der Waals surface area contributed by atoms with E-state index in [0.29, 0.717) is 12.5 Å². The molecular formula is C13H15ClN2O. The van der Waals surface area contributed by atoms with Gasteiger partial charge < -0.3 is 4.74 Å². The fourth-order valence-electron chi connectivity index (χ4n) is 1.54. The highest BCUT2D eigenvalue weighted by atomic mass is 35.5. The van der Waals surface area contributed by atoms with Gasteiger partial charge in [-0.15, -0.1) is 11.6 Å². The van der Waals surface area contributed by atoms with Gasteiger partial charge in [-0.25, -0.2) is 0 Å². The number of benzene rings is 1. The van der Waals surface area contributed by atoms with Crippen LogP contribution in [-0.4, -0.2) is 9.78 Å². The minimum absolute atomic E-state index is 0.505. The summed E-state index contributed by atoms with van der Waals surface area (Å²) in [5.41, 5.74) is 2.14. The Morgan fingerprint density at radius 2 is 2.24 bits per heavy atom. The number of hydrogen-bond donors (Lipinski definition) is 0. The number of hydrogen-bond acceptors (Lipinski definition) is 2. The highest BCUT2D eigenvalue weighted by Crippen LogP contribution is 2.16. The summed E-state index contributed by atoms with van der Waals surface area (Å²) in [6.45, 7) is 3.47. The molecule has 1 heterocycles. The van der Waals surface area contributed by atoms with E-state index in [2.05, 4.69) is 12.0 Å². The van der Waals surface area contributed by atoms with Crippen molar-refractivity contribution in [2.75, 3.05) is 0 Å². The Kier molecular flexibility index (Phi) is 4.04. The molecule has 0 fully saturated rings. The zero-order chi connectivity index (χ0) is 12.1. The quantitative estimate of drug-likeness (QED) is 0.762. The zero-order valence-electron chi connectivity index (χ0n) is 9.77. The zero-order valence-corrected chi connectivity index (χ0v) is 10.5. The SMILES string of the molecule is CCn1cc(COc2cccc(CCl)c2)cn1. The third kappa shape index (κ3) is 3.24. The van der Waals surface area contributed by atoms with E-state index in [9.17, 15) is 0 Å². The molecule has 0 aliphatic rings. The maximum Gasteiger partial charge on any atom is 0.120 e. The average Bonchev–Trinajstić information content (AvgIpc) is 2.84. The van der Waals surface area contributed by atoms with E-state index in [0.717, 1.165) is 23.4 Å². The molecule has 0 N–H and O–H groups in total. The topological polar surface area (TPSA) is 27.1 Å². The van der Waals surface area contributed by atoms with Crippen molar-refractivity contribution < 1.29 is 4.74 Å². The number of aromatic nitrogens is 2. The molecule has 0 radical (unpaired) electrons. The highest BCUT2D eigenvalue weighted by molar-refractivity contribution is 6.17. The summed E-state index contributed by atoms with van der Waals surface area (Å²) in [5, 5.41) is 4.20. The van der Waals surface area contributed by atoms with E-state index in [-0.39, 0.29) is 0 Å². The van der Waals surface area contributed by atoms with Crippen molar-refractivity contribution in [3.63, 3.8) is 0 Å². The van der Waals surface area contributed by atoms with Crippen molar-refractivity contribution in [1.82, 2.24) is 9.78 Å². The Balaban J connectivity index is 1.96. The molecule has 0 unspecified atom stereocenters. The minimum atomic E-state index is 0.505.